The van der Waals surface area contributed by atoms with Crippen LogP contribution in [0.4, 0.5) is 14.6 Å². The lowest BCUT2D eigenvalue weighted by Gasteiger charge is -2.23. The number of aromatic nitrogens is 3. The highest BCUT2D eigenvalue weighted by molar-refractivity contribution is 5.97. The highest BCUT2D eigenvalue weighted by Gasteiger charge is 2.19. The zero-order valence-corrected chi connectivity index (χ0v) is 18.7. The number of fused-ring (bicyclic) bond motifs is 1. The quantitative estimate of drug-likeness (QED) is 0.409. The second-order valence-corrected chi connectivity index (χ2v) is 8.25. The predicted octanol–water partition coefficient (Wildman–Crippen LogP) is 5.48. The van der Waals surface area contributed by atoms with E-state index in [4.69, 9.17) is 14.5 Å². The van der Waals surface area contributed by atoms with E-state index in [1.54, 1.807) is 31.6 Å². The largest absolute Gasteiger partial charge is 0.491 e. The van der Waals surface area contributed by atoms with Gasteiger partial charge in [-0.25, -0.2) is 18.7 Å². The van der Waals surface area contributed by atoms with Crippen molar-refractivity contribution < 1.29 is 18.3 Å². The molecular weight excluding hydrogens is 438 g/mol. The summed E-state index contributed by atoms with van der Waals surface area (Å²) in [6.07, 6.45) is 5.20. The molecule has 0 amide bonds. The van der Waals surface area contributed by atoms with E-state index in [0.717, 1.165) is 30.5 Å². The van der Waals surface area contributed by atoms with Gasteiger partial charge in [0.15, 0.2) is 5.82 Å². The van der Waals surface area contributed by atoms with Gasteiger partial charge in [0, 0.05) is 49.2 Å². The first-order valence-electron chi connectivity index (χ1n) is 11.2. The molecule has 174 valence electrons. The fourth-order valence-electron chi connectivity index (χ4n) is 4.12. The molecule has 0 spiro atoms. The summed E-state index contributed by atoms with van der Waals surface area (Å²) in [5, 5.41) is 3.76. The minimum Gasteiger partial charge on any atom is -0.491 e. The highest BCUT2D eigenvalue weighted by Crippen LogP contribution is 2.37. The van der Waals surface area contributed by atoms with E-state index < -0.39 is 11.6 Å². The fraction of sp³-hybridized carbons (Fsp3) is 0.269. The minimum absolute atomic E-state index is 0.149. The van der Waals surface area contributed by atoms with Crippen LogP contribution in [0.5, 0.6) is 5.75 Å². The summed E-state index contributed by atoms with van der Waals surface area (Å²) in [6, 6.07) is 10.6. The van der Waals surface area contributed by atoms with Crippen LogP contribution < -0.4 is 10.1 Å². The van der Waals surface area contributed by atoms with Crippen molar-refractivity contribution in [3.8, 4) is 28.3 Å². The van der Waals surface area contributed by atoms with E-state index in [9.17, 15) is 8.78 Å². The van der Waals surface area contributed by atoms with Gasteiger partial charge in [-0.3, -0.25) is 4.98 Å². The number of anilines is 1. The molecule has 5 rings (SSSR count). The molecule has 0 bridgehead atoms. The Balaban J connectivity index is 1.67. The van der Waals surface area contributed by atoms with Crippen molar-refractivity contribution in [1.82, 2.24) is 15.0 Å². The summed E-state index contributed by atoms with van der Waals surface area (Å²) in [4.78, 5) is 13.6. The zero-order valence-electron chi connectivity index (χ0n) is 18.7. The Bertz CT molecular complexity index is 1310. The van der Waals surface area contributed by atoms with Gasteiger partial charge in [0.1, 0.15) is 28.7 Å². The molecule has 1 saturated heterocycles. The molecule has 34 heavy (non-hydrogen) atoms. The molecule has 1 aliphatic rings. The van der Waals surface area contributed by atoms with Gasteiger partial charge in [0.25, 0.3) is 0 Å². The smallest absolute Gasteiger partial charge is 0.163 e. The van der Waals surface area contributed by atoms with Gasteiger partial charge in [-0.05, 0) is 66.8 Å². The first-order valence-corrected chi connectivity index (χ1v) is 11.2. The van der Waals surface area contributed by atoms with Crippen LogP contribution in [0.3, 0.4) is 0 Å². The first kappa shape index (κ1) is 22.2. The summed E-state index contributed by atoms with van der Waals surface area (Å²) < 4.78 is 40.4. The van der Waals surface area contributed by atoms with Gasteiger partial charge in [0.2, 0.25) is 0 Å². The number of nitrogens with zero attached hydrogens (tertiary/aromatic N) is 3. The SMILES string of the molecule is CNc1nc(-c2cccnc2)nc2c(OCC3CCOCC3)cc(-c3cc(F)ccc3F)cc12. The third kappa shape index (κ3) is 4.54. The molecule has 1 fully saturated rings. The van der Waals surface area contributed by atoms with Gasteiger partial charge in [-0.15, -0.1) is 0 Å². The van der Waals surface area contributed by atoms with Crippen LogP contribution in [-0.4, -0.2) is 41.8 Å². The van der Waals surface area contributed by atoms with Crippen molar-refractivity contribution in [1.29, 1.82) is 0 Å². The van der Waals surface area contributed by atoms with Crippen LogP contribution in [0.1, 0.15) is 12.8 Å². The third-order valence-corrected chi connectivity index (χ3v) is 5.98. The van der Waals surface area contributed by atoms with Crippen LogP contribution in [0.2, 0.25) is 0 Å². The molecule has 0 unspecified atom stereocenters. The summed E-state index contributed by atoms with van der Waals surface area (Å²) >= 11 is 0. The molecule has 0 aliphatic carbocycles. The van der Waals surface area contributed by atoms with E-state index >= 15 is 0 Å². The Morgan fingerprint density at radius 1 is 1.06 bits per heavy atom. The van der Waals surface area contributed by atoms with E-state index in [1.165, 1.54) is 6.07 Å². The zero-order chi connectivity index (χ0) is 23.5. The molecule has 3 heterocycles. The number of pyridine rings is 1. The van der Waals surface area contributed by atoms with E-state index in [2.05, 4.69) is 15.3 Å². The van der Waals surface area contributed by atoms with Crippen LogP contribution in [0.15, 0.2) is 54.9 Å². The second-order valence-electron chi connectivity index (χ2n) is 8.25. The Hall–Kier alpha value is -3.65. The minimum atomic E-state index is -0.518. The lowest BCUT2D eigenvalue weighted by molar-refractivity contribution is 0.0500. The molecule has 0 radical (unpaired) electrons. The lowest BCUT2D eigenvalue weighted by Crippen LogP contribution is -2.21. The van der Waals surface area contributed by atoms with Gasteiger partial charge in [-0.2, -0.15) is 0 Å². The maximum Gasteiger partial charge on any atom is 0.163 e. The number of nitrogens with one attached hydrogen (secondary N) is 1. The summed E-state index contributed by atoms with van der Waals surface area (Å²) in [6.45, 7) is 1.90. The summed E-state index contributed by atoms with van der Waals surface area (Å²) in [5.74, 6) is 0.852. The molecule has 1 N–H and O–H groups in total. The first-order chi connectivity index (χ1) is 16.6. The average molecular weight is 463 g/mol. The molecular formula is C26H24F2N4O2. The molecule has 0 atom stereocenters. The molecule has 6 nitrogen and oxygen atoms in total. The standard InChI is InChI=1S/C26H24F2N4O2/c1-29-26-21-11-18(20-13-19(27)4-5-22(20)28)12-23(34-15-16-6-9-33-10-7-16)24(21)31-25(32-26)17-3-2-8-30-14-17/h2-5,8,11-14,16H,6-7,9-10,15H2,1H3,(H,29,31,32). The number of benzene rings is 2. The molecule has 8 heteroatoms. The number of hydrogen-bond acceptors (Lipinski definition) is 6. The Labute approximate surface area is 196 Å². The Morgan fingerprint density at radius 3 is 2.68 bits per heavy atom. The van der Waals surface area contributed by atoms with Crippen LogP contribution in [-0.2, 0) is 4.74 Å². The van der Waals surface area contributed by atoms with Crippen molar-refractivity contribution in [3.63, 3.8) is 0 Å². The number of ether oxygens (including phenoxy) is 2. The molecule has 0 saturated carbocycles. The number of hydrogen-bond donors (Lipinski definition) is 1. The fourth-order valence-corrected chi connectivity index (χ4v) is 4.12. The van der Waals surface area contributed by atoms with E-state index in [1.807, 2.05) is 12.1 Å². The van der Waals surface area contributed by atoms with E-state index in [0.29, 0.717) is 59.6 Å². The topological polar surface area (TPSA) is 69.2 Å². The van der Waals surface area contributed by atoms with Crippen molar-refractivity contribution in [2.24, 2.45) is 5.92 Å². The van der Waals surface area contributed by atoms with Crippen molar-refractivity contribution in [2.45, 2.75) is 12.8 Å². The highest BCUT2D eigenvalue weighted by atomic mass is 19.1. The third-order valence-electron chi connectivity index (χ3n) is 5.98. The van der Waals surface area contributed by atoms with Gasteiger partial charge < -0.3 is 14.8 Å². The van der Waals surface area contributed by atoms with Crippen LogP contribution in [0.25, 0.3) is 33.4 Å². The van der Waals surface area contributed by atoms with Crippen molar-refractivity contribution >= 4 is 16.7 Å². The van der Waals surface area contributed by atoms with Crippen LogP contribution >= 0.6 is 0 Å². The lowest BCUT2D eigenvalue weighted by atomic mass is 10.0. The van der Waals surface area contributed by atoms with Gasteiger partial charge in [0.05, 0.1) is 6.61 Å². The van der Waals surface area contributed by atoms with Gasteiger partial charge >= 0.3 is 0 Å². The summed E-state index contributed by atoms with van der Waals surface area (Å²) in [5.41, 5.74) is 1.99. The summed E-state index contributed by atoms with van der Waals surface area (Å²) in [7, 11) is 1.76. The average Bonchev–Trinajstić information content (AvgIpc) is 2.89. The maximum absolute atomic E-state index is 14.7. The number of rotatable bonds is 6. The second kappa shape index (κ2) is 9.69. The number of halogens is 2. The Kier molecular flexibility index (Phi) is 6.31. The van der Waals surface area contributed by atoms with Gasteiger partial charge in [-0.1, -0.05) is 0 Å². The van der Waals surface area contributed by atoms with E-state index in [-0.39, 0.29) is 5.56 Å². The molecule has 4 aromatic rings. The van der Waals surface area contributed by atoms with Crippen LogP contribution in [0, 0.1) is 17.6 Å². The Morgan fingerprint density at radius 2 is 1.91 bits per heavy atom. The predicted molar refractivity (Wildman–Crippen MR) is 127 cm³/mol. The van der Waals surface area contributed by atoms with Crippen molar-refractivity contribution in [3.05, 3.63) is 66.5 Å². The van der Waals surface area contributed by atoms with Crippen molar-refractivity contribution in [2.75, 3.05) is 32.2 Å². The monoisotopic (exact) mass is 462 g/mol. The normalized spacial score (nSPS) is 14.3. The molecule has 2 aromatic heterocycles. The maximum atomic E-state index is 14.7. The molecule has 1 aliphatic heterocycles. The molecule has 2 aromatic carbocycles.